The molecule has 1 aliphatic heterocycles. The fourth-order valence-corrected chi connectivity index (χ4v) is 6.22. The first-order valence-electron chi connectivity index (χ1n) is 13.9. The van der Waals surface area contributed by atoms with Crippen molar-refractivity contribution in [2.24, 2.45) is 4.99 Å². The molecule has 1 aliphatic rings. The highest BCUT2D eigenvalue weighted by Gasteiger charge is 2.35. The van der Waals surface area contributed by atoms with Gasteiger partial charge in [-0.25, -0.2) is 9.79 Å². The van der Waals surface area contributed by atoms with E-state index in [1.807, 2.05) is 59.8 Å². The Morgan fingerprint density at radius 2 is 1.67 bits per heavy atom. The summed E-state index contributed by atoms with van der Waals surface area (Å²) >= 11 is 1.25. The van der Waals surface area contributed by atoms with Gasteiger partial charge in [0.05, 0.1) is 36.6 Å². The molecule has 1 aromatic heterocycles. The van der Waals surface area contributed by atoms with Crippen LogP contribution in [0.1, 0.15) is 83.7 Å². The standard InChI is InChI=1S/C33H40N2O6S/c1-11-41-30(38)26-18(2)34-31-35(27(26)21-17-20(39-9)12-13-24(21)40-10)29(37)25(42-31)16-19-14-22(32(3,4)5)28(36)23(15-19)33(6,7)8/h12-17,27,36H,11H2,1-10H3. The molecule has 0 saturated heterocycles. The van der Waals surface area contributed by atoms with Crippen molar-refractivity contribution in [2.75, 3.05) is 20.8 Å². The largest absolute Gasteiger partial charge is 0.507 e. The Kier molecular flexibility index (Phi) is 8.47. The number of fused-ring (bicyclic) bond motifs is 1. The lowest BCUT2D eigenvalue weighted by Crippen LogP contribution is -2.40. The Labute approximate surface area is 250 Å². The third-order valence-electron chi connectivity index (χ3n) is 7.29. The Bertz CT molecular complexity index is 1710. The van der Waals surface area contributed by atoms with Gasteiger partial charge in [0, 0.05) is 16.7 Å². The number of aromatic hydroxyl groups is 1. The highest BCUT2D eigenvalue weighted by molar-refractivity contribution is 7.07. The Balaban J connectivity index is 2.05. The molecule has 8 nitrogen and oxygen atoms in total. The highest BCUT2D eigenvalue weighted by Crippen LogP contribution is 2.40. The number of rotatable bonds is 6. The van der Waals surface area contributed by atoms with E-state index in [9.17, 15) is 14.7 Å². The second kappa shape index (κ2) is 11.4. The van der Waals surface area contributed by atoms with Crippen LogP contribution in [0.5, 0.6) is 17.2 Å². The highest BCUT2D eigenvalue weighted by atomic mass is 32.1. The molecule has 0 spiro atoms. The molecule has 4 rings (SSSR count). The van der Waals surface area contributed by atoms with Crippen molar-refractivity contribution in [3.63, 3.8) is 0 Å². The first-order chi connectivity index (χ1) is 19.6. The summed E-state index contributed by atoms with van der Waals surface area (Å²) in [6, 6.07) is 8.30. The number of allylic oxidation sites excluding steroid dienone is 1. The third-order valence-corrected chi connectivity index (χ3v) is 8.28. The van der Waals surface area contributed by atoms with Gasteiger partial charge in [0.25, 0.3) is 5.56 Å². The van der Waals surface area contributed by atoms with Gasteiger partial charge in [-0.3, -0.25) is 9.36 Å². The number of carbonyl (C=O) groups is 1. The summed E-state index contributed by atoms with van der Waals surface area (Å²) in [5.74, 6) is 0.772. The second-order valence-corrected chi connectivity index (χ2v) is 13.4. The van der Waals surface area contributed by atoms with Gasteiger partial charge in [-0.05, 0) is 66.6 Å². The summed E-state index contributed by atoms with van der Waals surface area (Å²) in [4.78, 5) is 32.6. The predicted octanol–water partition coefficient (Wildman–Crippen LogP) is 5.12. The summed E-state index contributed by atoms with van der Waals surface area (Å²) in [7, 11) is 3.10. The van der Waals surface area contributed by atoms with Crippen LogP contribution in [-0.2, 0) is 20.4 Å². The minimum Gasteiger partial charge on any atom is -0.507 e. The summed E-state index contributed by atoms with van der Waals surface area (Å²) in [5.41, 5.74) is 2.75. The van der Waals surface area contributed by atoms with E-state index >= 15 is 0 Å². The van der Waals surface area contributed by atoms with Crippen LogP contribution in [-0.4, -0.2) is 36.5 Å². The summed E-state index contributed by atoms with van der Waals surface area (Å²) in [5, 5.41) is 11.2. The number of phenolic OH excluding ortho intramolecular Hbond substituents is 1. The molecule has 0 saturated carbocycles. The fourth-order valence-electron chi connectivity index (χ4n) is 5.17. The molecule has 0 radical (unpaired) electrons. The zero-order valence-corrected chi connectivity index (χ0v) is 26.9. The van der Waals surface area contributed by atoms with Crippen LogP contribution >= 0.6 is 11.3 Å². The number of thiazole rings is 1. The molecular formula is C33H40N2O6S. The number of aromatic nitrogens is 1. The molecule has 1 unspecified atom stereocenters. The molecule has 0 fully saturated rings. The van der Waals surface area contributed by atoms with E-state index in [1.165, 1.54) is 15.9 Å². The summed E-state index contributed by atoms with van der Waals surface area (Å²) in [6.45, 7) is 15.9. The van der Waals surface area contributed by atoms with Crippen LogP contribution in [0.15, 0.2) is 51.4 Å². The normalized spacial score (nSPS) is 15.8. The number of carbonyl (C=O) groups excluding carboxylic acids is 1. The van der Waals surface area contributed by atoms with Crippen molar-refractivity contribution in [1.29, 1.82) is 0 Å². The third kappa shape index (κ3) is 5.75. The first kappa shape index (κ1) is 31.1. The van der Waals surface area contributed by atoms with Crippen LogP contribution in [0.3, 0.4) is 0 Å². The van der Waals surface area contributed by atoms with E-state index in [4.69, 9.17) is 14.2 Å². The predicted molar refractivity (Wildman–Crippen MR) is 165 cm³/mol. The maximum absolute atomic E-state index is 14.2. The van der Waals surface area contributed by atoms with Crippen molar-refractivity contribution >= 4 is 23.4 Å². The van der Waals surface area contributed by atoms with Crippen molar-refractivity contribution in [3.05, 3.63) is 83.5 Å². The molecule has 0 bridgehead atoms. The van der Waals surface area contributed by atoms with Gasteiger partial charge in [-0.1, -0.05) is 52.9 Å². The summed E-state index contributed by atoms with van der Waals surface area (Å²) in [6.07, 6.45) is 1.83. The van der Waals surface area contributed by atoms with Crippen LogP contribution in [0.4, 0.5) is 0 Å². The van der Waals surface area contributed by atoms with Crippen LogP contribution in [0, 0.1) is 0 Å². The van der Waals surface area contributed by atoms with E-state index in [1.54, 1.807) is 46.3 Å². The molecule has 42 heavy (non-hydrogen) atoms. The maximum Gasteiger partial charge on any atom is 0.338 e. The van der Waals surface area contributed by atoms with Gasteiger partial charge < -0.3 is 19.3 Å². The topological polar surface area (TPSA) is 99.4 Å². The quantitative estimate of drug-likeness (QED) is 0.399. The molecule has 1 N–H and O–H groups in total. The fraction of sp³-hybridized carbons (Fsp3) is 0.424. The van der Waals surface area contributed by atoms with Gasteiger partial charge in [-0.15, -0.1) is 0 Å². The van der Waals surface area contributed by atoms with Crippen molar-refractivity contribution in [2.45, 2.75) is 72.3 Å². The molecule has 2 heterocycles. The SMILES string of the molecule is CCOC(=O)C1=C(C)N=c2sc(=Cc3cc(C(C)(C)C)c(O)c(C(C)(C)C)c3)c(=O)n2C1c1cc(OC)ccc1OC. The van der Waals surface area contributed by atoms with E-state index in [2.05, 4.69) is 4.99 Å². The lowest BCUT2D eigenvalue weighted by atomic mass is 9.78. The average molecular weight is 593 g/mol. The number of ether oxygens (including phenoxy) is 3. The van der Waals surface area contributed by atoms with Crippen molar-refractivity contribution in [1.82, 2.24) is 4.57 Å². The van der Waals surface area contributed by atoms with Gasteiger partial charge in [0.15, 0.2) is 4.80 Å². The molecule has 224 valence electrons. The van der Waals surface area contributed by atoms with E-state index < -0.39 is 12.0 Å². The number of esters is 1. The lowest BCUT2D eigenvalue weighted by Gasteiger charge is -2.27. The Morgan fingerprint density at radius 3 is 2.19 bits per heavy atom. The second-order valence-electron chi connectivity index (χ2n) is 12.4. The zero-order valence-electron chi connectivity index (χ0n) is 26.0. The van der Waals surface area contributed by atoms with Gasteiger partial charge in [0.2, 0.25) is 0 Å². The number of hydrogen-bond acceptors (Lipinski definition) is 8. The van der Waals surface area contributed by atoms with Gasteiger partial charge in [0.1, 0.15) is 23.3 Å². The number of benzene rings is 2. The molecular weight excluding hydrogens is 552 g/mol. The first-order valence-corrected chi connectivity index (χ1v) is 14.7. The zero-order chi connectivity index (χ0) is 31.1. The van der Waals surface area contributed by atoms with Gasteiger partial charge >= 0.3 is 5.97 Å². The van der Waals surface area contributed by atoms with Crippen LogP contribution in [0.25, 0.3) is 6.08 Å². The Hall–Kier alpha value is -3.85. The van der Waals surface area contributed by atoms with Crippen LogP contribution in [0.2, 0.25) is 0 Å². The smallest absolute Gasteiger partial charge is 0.338 e. The van der Waals surface area contributed by atoms with E-state index in [0.29, 0.717) is 32.1 Å². The van der Waals surface area contributed by atoms with E-state index in [-0.39, 0.29) is 34.3 Å². The monoisotopic (exact) mass is 592 g/mol. The molecule has 0 amide bonds. The number of phenols is 1. The van der Waals surface area contributed by atoms with Gasteiger partial charge in [-0.2, -0.15) is 0 Å². The minimum atomic E-state index is -0.845. The van der Waals surface area contributed by atoms with E-state index in [0.717, 1.165) is 16.7 Å². The number of methoxy groups -OCH3 is 2. The van der Waals surface area contributed by atoms with Crippen molar-refractivity contribution in [3.8, 4) is 17.2 Å². The van der Waals surface area contributed by atoms with Crippen LogP contribution < -0.4 is 24.4 Å². The number of hydrogen-bond donors (Lipinski definition) is 1. The molecule has 9 heteroatoms. The maximum atomic E-state index is 14.2. The number of nitrogens with zero attached hydrogens (tertiary/aromatic N) is 2. The molecule has 3 aromatic rings. The van der Waals surface area contributed by atoms with Crippen molar-refractivity contribution < 1.29 is 24.1 Å². The summed E-state index contributed by atoms with van der Waals surface area (Å²) < 4.78 is 18.6. The molecule has 1 atom stereocenters. The lowest BCUT2D eigenvalue weighted by molar-refractivity contribution is -0.139. The minimum absolute atomic E-state index is 0.176. The Morgan fingerprint density at radius 1 is 1.05 bits per heavy atom. The molecule has 0 aliphatic carbocycles. The average Bonchev–Trinajstić information content (AvgIpc) is 3.21. The molecule has 2 aromatic carbocycles.